The average Bonchev–Trinajstić information content (AvgIpc) is 3.10. The Morgan fingerprint density at radius 1 is 1.23 bits per heavy atom. The third-order valence-electron chi connectivity index (χ3n) is 6.60. The van der Waals surface area contributed by atoms with Gasteiger partial charge in [-0.05, 0) is 60.2 Å². The van der Waals surface area contributed by atoms with Crippen molar-refractivity contribution >= 4 is 45.5 Å². The second-order valence-corrected chi connectivity index (χ2v) is 12.2. The summed E-state index contributed by atoms with van der Waals surface area (Å²) in [6.07, 6.45) is 0.237. The van der Waals surface area contributed by atoms with Crippen LogP contribution in [0.5, 0.6) is 0 Å². The van der Waals surface area contributed by atoms with E-state index in [2.05, 4.69) is 31.2 Å². The monoisotopic (exact) mass is 630 g/mol. The van der Waals surface area contributed by atoms with Crippen molar-refractivity contribution in [1.82, 2.24) is 15.2 Å². The van der Waals surface area contributed by atoms with E-state index in [9.17, 15) is 19.8 Å². The molecule has 3 aromatic rings. The van der Waals surface area contributed by atoms with Crippen molar-refractivity contribution in [2.24, 2.45) is 10.4 Å². The van der Waals surface area contributed by atoms with Gasteiger partial charge < -0.3 is 10.2 Å². The molecule has 1 aliphatic rings. The number of benzene rings is 2. The number of nitrogens with zero attached hydrogens (tertiary/aromatic N) is 3. The number of hydrogen-bond donors (Lipinski definition) is 3. The molecule has 0 radical (unpaired) electrons. The minimum Gasteiger partial charge on any atom is -0.465 e. The number of aromatic nitrogens is 1. The van der Waals surface area contributed by atoms with Gasteiger partial charge in [0.15, 0.2) is 5.54 Å². The van der Waals surface area contributed by atoms with Gasteiger partial charge in [-0.1, -0.05) is 66.5 Å². The van der Waals surface area contributed by atoms with Crippen molar-refractivity contribution < 1.29 is 24.2 Å². The Hall–Kier alpha value is -3.34. The summed E-state index contributed by atoms with van der Waals surface area (Å²) in [7, 11) is 0. The molecule has 210 valence electrons. The molecule has 1 aromatic heterocycles. The van der Waals surface area contributed by atoms with Gasteiger partial charge in [-0.15, -0.1) is 0 Å². The minimum atomic E-state index is -1.79. The number of carbonyl (C=O) groups excluding carboxylic acids is 1. The van der Waals surface area contributed by atoms with Gasteiger partial charge in [0, 0.05) is 26.8 Å². The molecule has 2 amide bonds. The molecule has 4 rings (SSSR count). The summed E-state index contributed by atoms with van der Waals surface area (Å²) in [6.45, 7) is 6.94. The van der Waals surface area contributed by atoms with Crippen molar-refractivity contribution in [3.8, 4) is 11.3 Å². The molecule has 2 atom stereocenters. The van der Waals surface area contributed by atoms with Crippen LogP contribution in [0.15, 0.2) is 64.2 Å². The number of aliphatic hydroxyl groups excluding tert-OH is 1. The van der Waals surface area contributed by atoms with Gasteiger partial charge in [-0.2, -0.15) is 0 Å². The van der Waals surface area contributed by atoms with Crippen LogP contribution >= 0.6 is 27.5 Å². The molecule has 3 N–H and O–H groups in total. The number of guanidine groups is 1. The molecule has 0 fully saturated rings. The number of rotatable bonds is 6. The van der Waals surface area contributed by atoms with Gasteiger partial charge in [-0.25, -0.2) is 14.2 Å². The predicted molar refractivity (Wildman–Crippen MR) is 155 cm³/mol. The third-order valence-corrected chi connectivity index (χ3v) is 7.43. The zero-order valence-electron chi connectivity index (χ0n) is 22.4. The van der Waals surface area contributed by atoms with E-state index in [0.717, 1.165) is 10.5 Å². The molecule has 2 heterocycles. The number of nitrogens with one attached hydrogen (secondary N) is 1. The van der Waals surface area contributed by atoms with Crippen LogP contribution in [0, 0.1) is 18.2 Å². The zero-order valence-corrected chi connectivity index (χ0v) is 24.7. The van der Waals surface area contributed by atoms with Crippen LogP contribution in [0.4, 0.5) is 9.18 Å². The molecule has 8 nitrogen and oxygen atoms in total. The Balaban J connectivity index is 1.91. The molecule has 40 heavy (non-hydrogen) atoms. The van der Waals surface area contributed by atoms with E-state index in [4.69, 9.17) is 11.6 Å². The topological polar surface area (TPSA) is 115 Å². The Bertz CT molecular complexity index is 1510. The first-order valence-electron chi connectivity index (χ1n) is 12.5. The smallest absolute Gasteiger partial charge is 0.411 e. The number of halogens is 3. The number of pyridine rings is 1. The Labute approximate surface area is 245 Å². The number of aliphatic hydroxyl groups is 1. The van der Waals surface area contributed by atoms with E-state index < -0.39 is 41.4 Å². The lowest BCUT2D eigenvalue weighted by molar-refractivity contribution is -0.135. The van der Waals surface area contributed by atoms with Gasteiger partial charge in [0.2, 0.25) is 5.96 Å². The van der Waals surface area contributed by atoms with E-state index in [1.54, 1.807) is 36.5 Å². The molecule has 2 aromatic carbocycles. The standard InChI is InChI=1S/C29H29BrClFN4O4/c1-16-6-5-11-33-24(16)19-12-17(7-10-21(19)31)23(14-37)36-25(38)29(15-28(2,3)4,35-26(36)34-27(39)40)20-9-8-18(30)13-22(20)32/h5-13,23,37H,14-15H2,1-4H3,(H,34,35)(H,39,40)/t23-,29-/m1/s1. The van der Waals surface area contributed by atoms with E-state index in [0.29, 0.717) is 26.3 Å². The van der Waals surface area contributed by atoms with Crippen molar-refractivity contribution in [2.75, 3.05) is 6.61 Å². The van der Waals surface area contributed by atoms with Crippen LogP contribution < -0.4 is 5.32 Å². The summed E-state index contributed by atoms with van der Waals surface area (Å²) in [5.74, 6) is -1.65. The van der Waals surface area contributed by atoms with Crippen molar-refractivity contribution in [2.45, 2.75) is 45.7 Å². The van der Waals surface area contributed by atoms with E-state index in [1.165, 1.54) is 12.1 Å². The first kappa shape index (κ1) is 29.6. The second kappa shape index (κ2) is 11.3. The summed E-state index contributed by atoms with van der Waals surface area (Å²) in [5, 5.41) is 22.8. The highest BCUT2D eigenvalue weighted by Gasteiger charge is 2.55. The highest BCUT2D eigenvalue weighted by atomic mass is 79.9. The lowest BCUT2D eigenvalue weighted by Crippen LogP contribution is -2.49. The number of hydrogen-bond acceptors (Lipinski definition) is 5. The van der Waals surface area contributed by atoms with Gasteiger partial charge in [0.1, 0.15) is 5.82 Å². The van der Waals surface area contributed by atoms with Crippen LogP contribution in [-0.4, -0.2) is 44.7 Å². The molecule has 0 saturated heterocycles. The summed E-state index contributed by atoms with van der Waals surface area (Å²) < 4.78 is 15.9. The second-order valence-electron chi connectivity index (χ2n) is 10.9. The van der Waals surface area contributed by atoms with Gasteiger partial charge in [0.25, 0.3) is 5.91 Å². The molecule has 0 unspecified atom stereocenters. The number of carboxylic acid groups (broad SMARTS) is 1. The van der Waals surface area contributed by atoms with Crippen LogP contribution in [-0.2, 0) is 10.3 Å². The summed E-state index contributed by atoms with van der Waals surface area (Å²) in [5.41, 5.74) is 0.206. The lowest BCUT2D eigenvalue weighted by atomic mass is 9.75. The number of aliphatic imine (C=N–C) groups is 1. The zero-order chi connectivity index (χ0) is 29.4. The fourth-order valence-electron chi connectivity index (χ4n) is 5.06. The van der Waals surface area contributed by atoms with E-state index in [-0.39, 0.29) is 17.9 Å². The Kier molecular flexibility index (Phi) is 8.35. The molecule has 11 heteroatoms. The Morgan fingerprint density at radius 3 is 2.55 bits per heavy atom. The van der Waals surface area contributed by atoms with Crippen LogP contribution in [0.2, 0.25) is 5.02 Å². The maximum Gasteiger partial charge on any atom is 0.411 e. The Morgan fingerprint density at radius 2 is 1.95 bits per heavy atom. The molecule has 0 spiro atoms. The van der Waals surface area contributed by atoms with Crippen molar-refractivity contribution in [1.29, 1.82) is 0 Å². The number of amides is 2. The summed E-state index contributed by atoms with van der Waals surface area (Å²) in [4.78, 5) is 36.4. The minimum absolute atomic E-state index is 0.000379. The average molecular weight is 632 g/mol. The fourth-order valence-corrected chi connectivity index (χ4v) is 5.60. The van der Waals surface area contributed by atoms with Crippen LogP contribution in [0.25, 0.3) is 11.3 Å². The third kappa shape index (κ3) is 5.75. The highest BCUT2D eigenvalue weighted by Crippen LogP contribution is 2.46. The predicted octanol–water partition coefficient (Wildman–Crippen LogP) is 6.44. The number of aryl methyl sites for hydroxylation is 1. The van der Waals surface area contributed by atoms with E-state index >= 15 is 4.39 Å². The first-order chi connectivity index (χ1) is 18.8. The van der Waals surface area contributed by atoms with Gasteiger partial charge in [-0.3, -0.25) is 20.0 Å². The summed E-state index contributed by atoms with van der Waals surface area (Å²) >= 11 is 9.77. The van der Waals surface area contributed by atoms with Gasteiger partial charge >= 0.3 is 6.09 Å². The highest BCUT2D eigenvalue weighted by molar-refractivity contribution is 9.10. The quantitative estimate of drug-likeness (QED) is 0.290. The maximum atomic E-state index is 15.5. The fraction of sp³-hybridized carbons (Fsp3) is 0.310. The van der Waals surface area contributed by atoms with Crippen LogP contribution in [0.1, 0.15) is 49.9 Å². The largest absolute Gasteiger partial charge is 0.465 e. The lowest BCUT2D eigenvalue weighted by Gasteiger charge is -2.34. The van der Waals surface area contributed by atoms with Crippen molar-refractivity contribution in [3.05, 3.63) is 86.7 Å². The molecular weight excluding hydrogens is 603 g/mol. The van der Waals surface area contributed by atoms with E-state index in [1.807, 2.05) is 33.8 Å². The van der Waals surface area contributed by atoms with Gasteiger partial charge in [0.05, 0.1) is 18.3 Å². The summed E-state index contributed by atoms with van der Waals surface area (Å²) in [6, 6.07) is 11.9. The molecule has 0 saturated carbocycles. The molecule has 1 aliphatic heterocycles. The normalized spacial score (nSPS) is 18.1. The molecular formula is C29H29BrClFN4O4. The number of carbonyl (C=O) groups is 2. The first-order valence-corrected chi connectivity index (χ1v) is 13.7. The SMILES string of the molecule is Cc1cccnc1-c1cc([C@@H](CO)N2C(=O)[C@@](CC(C)(C)C)(c3ccc(Br)cc3F)N=C2NC(=O)O)ccc1Cl. The van der Waals surface area contributed by atoms with Crippen LogP contribution in [0.3, 0.4) is 0 Å². The maximum absolute atomic E-state index is 15.5. The molecule has 0 aliphatic carbocycles. The molecule has 0 bridgehead atoms. The van der Waals surface area contributed by atoms with Crippen molar-refractivity contribution in [3.63, 3.8) is 0 Å².